The summed E-state index contributed by atoms with van der Waals surface area (Å²) in [6.45, 7) is 7.09. The molecule has 118 valence electrons. The van der Waals surface area contributed by atoms with E-state index in [9.17, 15) is 5.26 Å². The van der Waals surface area contributed by atoms with Crippen molar-refractivity contribution < 1.29 is 4.74 Å². The predicted molar refractivity (Wildman–Crippen MR) is 89.0 cm³/mol. The number of nitrogens with one attached hydrogen (secondary N) is 1. The van der Waals surface area contributed by atoms with Crippen LogP contribution in [0.4, 0.5) is 17.2 Å². The van der Waals surface area contributed by atoms with E-state index in [0.717, 1.165) is 43.2 Å². The number of morpholine rings is 1. The Morgan fingerprint density at radius 3 is 2.48 bits per heavy atom. The lowest BCUT2D eigenvalue weighted by Gasteiger charge is -2.28. The fraction of sp³-hybridized carbons (Fsp3) is 0.353. The summed E-state index contributed by atoms with van der Waals surface area (Å²) in [4.78, 5) is 2.30. The molecule has 0 spiro atoms. The topological polar surface area (TPSA) is 74.1 Å². The summed E-state index contributed by atoms with van der Waals surface area (Å²) >= 11 is 0. The first kappa shape index (κ1) is 15.3. The van der Waals surface area contributed by atoms with Crippen LogP contribution in [0.25, 0.3) is 0 Å². The van der Waals surface area contributed by atoms with E-state index in [1.54, 1.807) is 0 Å². The summed E-state index contributed by atoms with van der Waals surface area (Å²) in [5.41, 5.74) is 4.22. The van der Waals surface area contributed by atoms with Gasteiger partial charge in [-0.05, 0) is 43.7 Å². The second-order valence-electron chi connectivity index (χ2n) is 5.52. The molecule has 1 aromatic heterocycles. The Kier molecular flexibility index (Phi) is 4.40. The van der Waals surface area contributed by atoms with Gasteiger partial charge in [-0.3, -0.25) is 0 Å². The van der Waals surface area contributed by atoms with Crippen LogP contribution in [-0.4, -0.2) is 36.5 Å². The Balaban J connectivity index is 1.79. The molecule has 0 bridgehead atoms. The minimum atomic E-state index is 0.495. The SMILES string of the molecule is Cc1nnc(Nc2ccc(N3CCOCC3)cc2)c(C#N)c1C. The second-order valence-corrected chi connectivity index (χ2v) is 5.52. The van der Waals surface area contributed by atoms with Gasteiger partial charge in [0.05, 0.1) is 18.9 Å². The average molecular weight is 309 g/mol. The fourth-order valence-corrected chi connectivity index (χ4v) is 2.55. The number of nitrogens with zero attached hydrogens (tertiary/aromatic N) is 4. The van der Waals surface area contributed by atoms with E-state index in [1.165, 1.54) is 5.69 Å². The van der Waals surface area contributed by atoms with Gasteiger partial charge < -0.3 is 15.0 Å². The summed E-state index contributed by atoms with van der Waals surface area (Å²) in [5, 5.41) is 20.7. The lowest BCUT2D eigenvalue weighted by Crippen LogP contribution is -2.36. The van der Waals surface area contributed by atoms with Crippen LogP contribution in [0.2, 0.25) is 0 Å². The molecule has 2 heterocycles. The van der Waals surface area contributed by atoms with Crippen LogP contribution in [0.5, 0.6) is 0 Å². The first-order valence-corrected chi connectivity index (χ1v) is 7.63. The first-order chi connectivity index (χ1) is 11.2. The van der Waals surface area contributed by atoms with E-state index in [0.29, 0.717) is 11.4 Å². The van der Waals surface area contributed by atoms with Gasteiger partial charge in [0.1, 0.15) is 11.6 Å². The third-order valence-electron chi connectivity index (χ3n) is 4.07. The number of anilines is 3. The van der Waals surface area contributed by atoms with Gasteiger partial charge in [-0.25, -0.2) is 0 Å². The molecule has 1 aliphatic heterocycles. The Bertz CT molecular complexity index is 730. The number of aromatic nitrogens is 2. The normalized spacial score (nSPS) is 14.4. The van der Waals surface area contributed by atoms with E-state index < -0.39 is 0 Å². The standard InChI is InChI=1S/C17H19N5O/c1-12-13(2)20-21-17(16(12)11-18)19-14-3-5-15(6-4-14)22-7-9-23-10-8-22/h3-6H,7-10H2,1-2H3,(H,19,21). The van der Waals surface area contributed by atoms with Gasteiger partial charge in [-0.1, -0.05) is 0 Å². The zero-order valence-corrected chi connectivity index (χ0v) is 13.3. The van der Waals surface area contributed by atoms with Crippen molar-refractivity contribution in [3.05, 3.63) is 41.1 Å². The molecule has 2 aromatic rings. The summed E-state index contributed by atoms with van der Waals surface area (Å²) in [6, 6.07) is 10.3. The largest absolute Gasteiger partial charge is 0.378 e. The van der Waals surface area contributed by atoms with Crippen LogP contribution in [0.3, 0.4) is 0 Å². The number of ether oxygens (including phenoxy) is 1. The smallest absolute Gasteiger partial charge is 0.171 e. The molecule has 0 amide bonds. The van der Waals surface area contributed by atoms with Crippen LogP contribution in [0.1, 0.15) is 16.8 Å². The maximum Gasteiger partial charge on any atom is 0.171 e. The molecule has 23 heavy (non-hydrogen) atoms. The highest BCUT2D eigenvalue weighted by Gasteiger charge is 2.13. The van der Waals surface area contributed by atoms with Crippen LogP contribution < -0.4 is 10.2 Å². The number of benzene rings is 1. The van der Waals surface area contributed by atoms with E-state index in [1.807, 2.05) is 26.0 Å². The van der Waals surface area contributed by atoms with Crippen molar-refractivity contribution in [2.24, 2.45) is 0 Å². The fourth-order valence-electron chi connectivity index (χ4n) is 2.55. The third-order valence-corrected chi connectivity index (χ3v) is 4.07. The minimum absolute atomic E-state index is 0.495. The maximum absolute atomic E-state index is 9.34. The zero-order valence-electron chi connectivity index (χ0n) is 13.3. The molecule has 0 unspecified atom stereocenters. The van der Waals surface area contributed by atoms with Gasteiger partial charge in [0, 0.05) is 24.5 Å². The molecule has 1 aliphatic rings. The van der Waals surface area contributed by atoms with Gasteiger partial charge in [-0.2, -0.15) is 10.4 Å². The zero-order chi connectivity index (χ0) is 16.2. The maximum atomic E-state index is 9.34. The highest BCUT2D eigenvalue weighted by atomic mass is 16.5. The van der Waals surface area contributed by atoms with E-state index in [2.05, 4.69) is 38.6 Å². The molecule has 0 atom stereocenters. The van der Waals surface area contributed by atoms with Crippen LogP contribution in [0.15, 0.2) is 24.3 Å². The monoisotopic (exact) mass is 309 g/mol. The lowest BCUT2D eigenvalue weighted by molar-refractivity contribution is 0.122. The molecule has 1 fully saturated rings. The van der Waals surface area contributed by atoms with Crippen LogP contribution in [-0.2, 0) is 4.74 Å². The van der Waals surface area contributed by atoms with Crippen molar-refractivity contribution in [2.45, 2.75) is 13.8 Å². The van der Waals surface area contributed by atoms with E-state index >= 15 is 0 Å². The highest BCUT2D eigenvalue weighted by Crippen LogP contribution is 2.24. The van der Waals surface area contributed by atoms with Crippen molar-refractivity contribution in [3.8, 4) is 6.07 Å². The van der Waals surface area contributed by atoms with E-state index in [-0.39, 0.29) is 0 Å². The van der Waals surface area contributed by atoms with Crippen LogP contribution >= 0.6 is 0 Å². The summed E-state index contributed by atoms with van der Waals surface area (Å²) in [6.07, 6.45) is 0. The molecule has 3 rings (SSSR count). The van der Waals surface area contributed by atoms with Gasteiger partial charge in [0.25, 0.3) is 0 Å². The Morgan fingerprint density at radius 2 is 1.83 bits per heavy atom. The Hall–Kier alpha value is -2.65. The second kappa shape index (κ2) is 6.63. The molecule has 1 aromatic carbocycles. The Labute approximate surface area is 135 Å². The van der Waals surface area contributed by atoms with Gasteiger partial charge >= 0.3 is 0 Å². The lowest BCUT2D eigenvalue weighted by atomic mass is 10.1. The van der Waals surface area contributed by atoms with Gasteiger partial charge in [-0.15, -0.1) is 5.10 Å². The number of nitriles is 1. The average Bonchev–Trinajstić information content (AvgIpc) is 2.60. The molecule has 0 radical (unpaired) electrons. The molecule has 1 saturated heterocycles. The molecule has 6 nitrogen and oxygen atoms in total. The van der Waals surface area contributed by atoms with Crippen molar-refractivity contribution in [3.63, 3.8) is 0 Å². The quantitative estimate of drug-likeness (QED) is 0.939. The molecular formula is C17H19N5O. The number of rotatable bonds is 3. The molecular weight excluding hydrogens is 290 g/mol. The summed E-state index contributed by atoms with van der Waals surface area (Å²) in [5.74, 6) is 0.495. The molecule has 1 N–H and O–H groups in total. The van der Waals surface area contributed by atoms with Crippen molar-refractivity contribution in [1.29, 1.82) is 5.26 Å². The minimum Gasteiger partial charge on any atom is -0.378 e. The number of hydrogen-bond donors (Lipinski definition) is 1. The number of hydrogen-bond acceptors (Lipinski definition) is 6. The predicted octanol–water partition coefficient (Wildman–Crippen LogP) is 2.55. The molecule has 6 heteroatoms. The molecule has 0 aliphatic carbocycles. The third kappa shape index (κ3) is 3.25. The highest BCUT2D eigenvalue weighted by molar-refractivity contribution is 5.66. The van der Waals surface area contributed by atoms with Gasteiger partial charge in [0.15, 0.2) is 5.82 Å². The van der Waals surface area contributed by atoms with Crippen molar-refractivity contribution >= 4 is 17.2 Å². The van der Waals surface area contributed by atoms with E-state index in [4.69, 9.17) is 4.74 Å². The summed E-state index contributed by atoms with van der Waals surface area (Å²) < 4.78 is 5.37. The Morgan fingerprint density at radius 1 is 1.13 bits per heavy atom. The van der Waals surface area contributed by atoms with Crippen LogP contribution in [0, 0.1) is 25.2 Å². The van der Waals surface area contributed by atoms with Gasteiger partial charge in [0.2, 0.25) is 0 Å². The molecule has 0 saturated carbocycles. The van der Waals surface area contributed by atoms with Crippen molar-refractivity contribution in [2.75, 3.05) is 36.5 Å². The summed E-state index contributed by atoms with van der Waals surface area (Å²) in [7, 11) is 0. The van der Waals surface area contributed by atoms with Crippen molar-refractivity contribution in [1.82, 2.24) is 10.2 Å². The number of aryl methyl sites for hydroxylation is 1. The first-order valence-electron chi connectivity index (χ1n) is 7.63.